The third kappa shape index (κ3) is 20.5. The van der Waals surface area contributed by atoms with E-state index < -0.39 is 162 Å². The monoisotopic (exact) mass is 1220 g/mol. The molecule has 1 aromatic rings. The van der Waals surface area contributed by atoms with Gasteiger partial charge in [0, 0.05) is 49.3 Å². The summed E-state index contributed by atoms with van der Waals surface area (Å²) < 4.78 is 0. The van der Waals surface area contributed by atoms with E-state index in [0.717, 1.165) is 20.3 Å². The lowest BCUT2D eigenvalue weighted by atomic mass is 9.91. The molecule has 0 spiro atoms. The average Bonchev–Trinajstić information content (AvgIpc) is 1.28. The number of hydrogen-bond acceptors (Lipinski definition) is 13. The molecule has 490 valence electrons. The molecular formula is C63H105N11O13. The van der Waals surface area contributed by atoms with Crippen molar-refractivity contribution in [2.24, 2.45) is 35.5 Å². The molecule has 0 radical (unpaired) electrons. The van der Waals surface area contributed by atoms with Crippen molar-refractivity contribution in [2.75, 3.05) is 55.9 Å². The molecule has 1 aromatic carbocycles. The van der Waals surface area contributed by atoms with Gasteiger partial charge in [-0.05, 0) is 99.7 Å². The summed E-state index contributed by atoms with van der Waals surface area (Å²) in [5, 5.41) is 32.9. The van der Waals surface area contributed by atoms with Crippen LogP contribution in [0.5, 0.6) is 5.75 Å². The Hall–Kier alpha value is -7.11. The summed E-state index contributed by atoms with van der Waals surface area (Å²) in [5.74, 6) is -10.5. The molecule has 2 rings (SSSR count). The maximum Gasteiger partial charge on any atom is 0.246 e. The lowest BCUT2D eigenvalue weighted by Crippen LogP contribution is -2.64. The van der Waals surface area contributed by atoms with Gasteiger partial charge < -0.3 is 65.8 Å². The number of carbonyl (C=O) groups is 11. The van der Waals surface area contributed by atoms with Crippen molar-refractivity contribution in [3.05, 3.63) is 35.9 Å². The van der Waals surface area contributed by atoms with Crippen molar-refractivity contribution < 1.29 is 63.0 Å². The predicted molar refractivity (Wildman–Crippen MR) is 332 cm³/mol. The van der Waals surface area contributed by atoms with Gasteiger partial charge in [0.05, 0.1) is 12.6 Å². The van der Waals surface area contributed by atoms with Gasteiger partial charge in [0.25, 0.3) is 0 Å². The van der Waals surface area contributed by atoms with Crippen molar-refractivity contribution in [3.63, 3.8) is 0 Å². The Morgan fingerprint density at radius 3 is 1.47 bits per heavy atom. The highest BCUT2D eigenvalue weighted by Crippen LogP contribution is 2.26. The van der Waals surface area contributed by atoms with E-state index in [2.05, 4.69) is 21.3 Å². The maximum absolute atomic E-state index is 15.2. The van der Waals surface area contributed by atoms with Gasteiger partial charge in [0.1, 0.15) is 66.2 Å². The number of rotatable bonds is 13. The molecule has 1 fully saturated rings. The third-order valence-electron chi connectivity index (χ3n) is 16.4. The van der Waals surface area contributed by atoms with Crippen molar-refractivity contribution >= 4 is 71.1 Å². The van der Waals surface area contributed by atoms with Gasteiger partial charge in [-0.3, -0.25) is 52.7 Å². The number of benzene rings is 1. The van der Waals surface area contributed by atoms with Gasteiger partial charge in [-0.15, -0.1) is 0 Å². The van der Waals surface area contributed by atoms with Crippen LogP contribution in [0.1, 0.15) is 135 Å². The first-order valence-corrected chi connectivity index (χ1v) is 30.4. The molecule has 6 N–H and O–H groups in total. The van der Waals surface area contributed by atoms with E-state index in [0.29, 0.717) is 0 Å². The number of phenolic OH excluding ortho intramolecular Hbond substituents is 1. The fourth-order valence-corrected chi connectivity index (χ4v) is 10.7. The summed E-state index contributed by atoms with van der Waals surface area (Å²) in [6.07, 6.45) is 2.40. The minimum Gasteiger partial charge on any atom is -0.508 e. The minimum absolute atomic E-state index is 0.00814. The number of hydrogen-bond donors (Lipinski definition) is 6. The van der Waals surface area contributed by atoms with Crippen LogP contribution in [0.15, 0.2) is 30.3 Å². The Kier molecular flexibility index (Phi) is 29.6. The molecule has 0 aliphatic carbocycles. The van der Waals surface area contributed by atoms with E-state index >= 15 is 9.59 Å². The predicted octanol–water partition coefficient (Wildman–Crippen LogP) is 2.70. The Bertz CT molecular complexity index is 2590. The molecule has 0 aromatic heterocycles. The van der Waals surface area contributed by atoms with Crippen molar-refractivity contribution in [3.8, 4) is 5.75 Å². The summed E-state index contributed by atoms with van der Waals surface area (Å²) in [6.45, 7) is 24.7. The van der Waals surface area contributed by atoms with E-state index in [4.69, 9.17) is 0 Å². The molecule has 1 aliphatic rings. The first kappa shape index (κ1) is 76.0. The second-order valence-electron chi connectivity index (χ2n) is 25.6. The number of likely N-dealkylation sites (N-methyl/N-ethyl adjacent to an activating group) is 7. The highest BCUT2D eigenvalue weighted by molar-refractivity contribution is 5.99. The fraction of sp³-hybridized carbons (Fsp3) is 0.698. The molecule has 1 saturated heterocycles. The van der Waals surface area contributed by atoms with E-state index in [-0.39, 0.29) is 43.3 Å². The number of nitrogens with zero attached hydrogens (tertiary/aromatic N) is 7. The Morgan fingerprint density at radius 1 is 0.506 bits per heavy atom. The first-order chi connectivity index (χ1) is 40.2. The highest BCUT2D eigenvalue weighted by atomic mass is 16.3. The SMILES string of the molecule is CC[C@@H]1NC(=O)[C@H]([C@H](O)[C@H](C)C/C=C/c2ccc(O)cc2)N(C)C(=O)[C@H](C(C)C)N(C)C(=O)C(C(C)C)N(C)C(=O)[C@H](CC(C)C)N(C)C(=O)[C@@H](C)NC(=O)[C@H](C)NC(=O)[C@H](C)N(C)C(=O)[C@H](C(C)C)NC(=O)[C@H](CC(C)C)N(C)C(=O)CN(C)C1=O. The number of aliphatic hydroxyl groups is 1. The number of nitrogens with one attached hydrogen (secondary N) is 4. The van der Waals surface area contributed by atoms with Gasteiger partial charge in [-0.25, -0.2) is 0 Å². The Balaban J connectivity index is 2.92. The van der Waals surface area contributed by atoms with Crippen LogP contribution < -0.4 is 21.3 Å². The fourth-order valence-electron chi connectivity index (χ4n) is 10.7. The second-order valence-corrected chi connectivity index (χ2v) is 25.6. The zero-order chi connectivity index (χ0) is 67.0. The number of allylic oxidation sites excluding steroid dienone is 1. The largest absolute Gasteiger partial charge is 0.508 e. The van der Waals surface area contributed by atoms with Crippen LogP contribution in [0.3, 0.4) is 0 Å². The normalized spacial score (nSPS) is 26.4. The number of aliphatic hydroxyl groups excluding tert-OH is 1. The van der Waals surface area contributed by atoms with Crippen LogP contribution in [0.4, 0.5) is 0 Å². The second kappa shape index (κ2) is 33.9. The van der Waals surface area contributed by atoms with Gasteiger partial charge in [-0.1, -0.05) is 107 Å². The Morgan fingerprint density at radius 2 is 0.989 bits per heavy atom. The zero-order valence-corrected chi connectivity index (χ0v) is 55.8. The number of aromatic hydroxyl groups is 1. The zero-order valence-electron chi connectivity index (χ0n) is 55.8. The summed E-state index contributed by atoms with van der Waals surface area (Å²) in [5.41, 5.74) is 0.742. The van der Waals surface area contributed by atoms with E-state index in [1.807, 2.05) is 27.7 Å². The van der Waals surface area contributed by atoms with Crippen LogP contribution >= 0.6 is 0 Å². The molecular weight excluding hydrogens is 1120 g/mol. The number of amides is 11. The topological polar surface area (TPSA) is 299 Å². The van der Waals surface area contributed by atoms with Crippen LogP contribution in [-0.4, -0.2) is 232 Å². The van der Waals surface area contributed by atoms with E-state index in [1.165, 1.54) is 102 Å². The highest BCUT2D eigenvalue weighted by Gasteiger charge is 2.46. The molecule has 1 unspecified atom stereocenters. The van der Waals surface area contributed by atoms with Gasteiger partial charge in [0.2, 0.25) is 65.0 Å². The van der Waals surface area contributed by atoms with Gasteiger partial charge >= 0.3 is 0 Å². The van der Waals surface area contributed by atoms with Crippen molar-refractivity contribution in [2.45, 2.75) is 196 Å². The molecule has 87 heavy (non-hydrogen) atoms. The summed E-state index contributed by atoms with van der Waals surface area (Å²) in [4.78, 5) is 167. The molecule has 11 amide bonds. The molecule has 1 aliphatic heterocycles. The van der Waals surface area contributed by atoms with Crippen molar-refractivity contribution in [1.29, 1.82) is 0 Å². The lowest BCUT2D eigenvalue weighted by molar-refractivity contribution is -0.158. The average molecular weight is 1220 g/mol. The summed E-state index contributed by atoms with van der Waals surface area (Å²) >= 11 is 0. The standard InChI is InChI=1S/C63H105N11O13/c1-23-45-59(83)68(16)33-48(76)70(18)46(31-34(2)3)56(80)67-49(36(6)7)61(85)69(17)42(15)55(79)64-40(13)54(78)65-41(14)58(82)71(19)47(32-35(4)5)60(84)72(20)50(37(8)9)62(86)73(21)51(38(10)11)63(87)74(22)52(57(81)66-45)53(77)39(12)25-24-26-43-27-29-44(75)30-28-43/h24,26-30,34-42,45-47,49-53,75,77H,23,25,31-33H2,1-22H3,(H,64,79)(H,65,78)(H,66,81)(H,67,80)/b26-24+/t39-,40+,41-,42+,45+,46+,47+,49+,50?,51+,52+,53-/m1/s1. The maximum atomic E-state index is 15.2. The molecule has 0 bridgehead atoms. The minimum atomic E-state index is -1.68. The lowest BCUT2D eigenvalue weighted by Gasteiger charge is -2.42. The molecule has 12 atom stereocenters. The molecule has 1 heterocycles. The van der Waals surface area contributed by atoms with E-state index in [1.54, 1.807) is 79.7 Å². The van der Waals surface area contributed by atoms with Crippen LogP contribution in [0, 0.1) is 35.5 Å². The molecule has 24 heteroatoms. The van der Waals surface area contributed by atoms with Crippen LogP contribution in [0.2, 0.25) is 0 Å². The van der Waals surface area contributed by atoms with Crippen LogP contribution in [0.25, 0.3) is 6.08 Å². The smallest absolute Gasteiger partial charge is 0.246 e. The summed E-state index contributed by atoms with van der Waals surface area (Å²) in [7, 11) is 9.71. The van der Waals surface area contributed by atoms with Crippen molar-refractivity contribution in [1.82, 2.24) is 55.6 Å². The summed E-state index contributed by atoms with van der Waals surface area (Å²) in [6, 6.07) is -6.23. The quantitative estimate of drug-likeness (QED) is 0.166. The molecule has 0 saturated carbocycles. The number of carbonyl (C=O) groups excluding carboxylic acids is 11. The van der Waals surface area contributed by atoms with Crippen LogP contribution in [-0.2, 0) is 52.7 Å². The van der Waals surface area contributed by atoms with Gasteiger partial charge in [0.15, 0.2) is 0 Å². The van der Waals surface area contributed by atoms with Gasteiger partial charge in [-0.2, -0.15) is 0 Å². The third-order valence-corrected chi connectivity index (χ3v) is 16.4. The van der Waals surface area contributed by atoms with E-state index in [9.17, 15) is 53.4 Å². The first-order valence-electron chi connectivity index (χ1n) is 30.4. The molecule has 24 nitrogen and oxygen atoms in total. The Labute approximate surface area is 516 Å². The number of phenols is 1.